The van der Waals surface area contributed by atoms with Gasteiger partial charge in [0.05, 0.1) is 22.3 Å². The molecule has 0 aliphatic rings. The molecule has 0 unspecified atom stereocenters. The summed E-state index contributed by atoms with van der Waals surface area (Å²) in [5.74, 6) is 0.378. The largest absolute Gasteiger partial charge is 0.416 e. The van der Waals surface area contributed by atoms with E-state index >= 15 is 0 Å². The third kappa shape index (κ3) is 3.92. The number of nitrogens with zero attached hydrogens (tertiary/aromatic N) is 4. The molecule has 6 nitrogen and oxygen atoms in total. The maximum absolute atomic E-state index is 13.1. The molecule has 2 aromatic carbocycles. The molecule has 0 saturated carbocycles. The summed E-state index contributed by atoms with van der Waals surface area (Å²) >= 11 is 1.45. The lowest BCUT2D eigenvalue weighted by Gasteiger charge is -2.07. The van der Waals surface area contributed by atoms with Gasteiger partial charge in [-0.2, -0.15) is 13.2 Å². The minimum absolute atomic E-state index is 0.373. The number of rotatable bonds is 4. The van der Waals surface area contributed by atoms with Gasteiger partial charge in [0, 0.05) is 34.6 Å². The molecule has 0 amide bonds. The molecule has 5 rings (SSSR count). The first-order valence-electron chi connectivity index (χ1n) is 9.53. The van der Waals surface area contributed by atoms with Crippen LogP contribution in [0.25, 0.3) is 33.7 Å². The minimum atomic E-state index is -4.41. The third-order valence-electron chi connectivity index (χ3n) is 4.89. The summed E-state index contributed by atoms with van der Waals surface area (Å²) in [6, 6.07) is 8.87. The number of fused-ring (bicyclic) bond motifs is 1. The Kier molecular flexibility index (Phi) is 4.86. The van der Waals surface area contributed by atoms with Gasteiger partial charge in [-0.15, -0.1) is 11.3 Å². The second-order valence-corrected chi connectivity index (χ2v) is 8.00. The Morgan fingerprint density at radius 2 is 1.81 bits per heavy atom. The predicted octanol–water partition coefficient (Wildman–Crippen LogP) is 6.21. The van der Waals surface area contributed by atoms with E-state index in [0.717, 1.165) is 40.2 Å². The van der Waals surface area contributed by atoms with Gasteiger partial charge in [-0.05, 0) is 36.8 Å². The fraction of sp³-hybridized carbons (Fsp3) is 0.0909. The minimum Gasteiger partial charge on any atom is -0.338 e. The van der Waals surface area contributed by atoms with E-state index in [0.29, 0.717) is 22.0 Å². The van der Waals surface area contributed by atoms with Gasteiger partial charge in [0.1, 0.15) is 12.2 Å². The van der Waals surface area contributed by atoms with E-state index in [1.165, 1.54) is 23.7 Å². The highest BCUT2D eigenvalue weighted by Gasteiger charge is 2.30. The van der Waals surface area contributed by atoms with E-state index in [1.54, 1.807) is 18.5 Å². The number of nitrogens with one attached hydrogen (secondary N) is 2. The van der Waals surface area contributed by atoms with Gasteiger partial charge >= 0.3 is 6.18 Å². The molecule has 10 heteroatoms. The lowest BCUT2D eigenvalue weighted by Crippen LogP contribution is -2.04. The Morgan fingerprint density at radius 1 is 1.00 bits per heavy atom. The quantitative estimate of drug-likeness (QED) is 0.339. The molecule has 160 valence electrons. The van der Waals surface area contributed by atoms with Crippen molar-refractivity contribution in [3.05, 3.63) is 71.6 Å². The molecular weight excluding hydrogens is 437 g/mol. The molecule has 2 N–H and O–H groups in total. The van der Waals surface area contributed by atoms with Crippen molar-refractivity contribution < 1.29 is 13.2 Å². The first-order chi connectivity index (χ1) is 15.4. The number of thiazole rings is 1. The van der Waals surface area contributed by atoms with E-state index in [9.17, 15) is 13.2 Å². The Labute approximate surface area is 184 Å². The van der Waals surface area contributed by atoms with Crippen LogP contribution in [0.3, 0.4) is 0 Å². The second kappa shape index (κ2) is 7.72. The molecule has 32 heavy (non-hydrogen) atoms. The van der Waals surface area contributed by atoms with Crippen molar-refractivity contribution in [1.29, 1.82) is 0 Å². The van der Waals surface area contributed by atoms with Gasteiger partial charge < -0.3 is 10.3 Å². The number of anilines is 2. The molecule has 0 atom stereocenters. The fourth-order valence-electron chi connectivity index (χ4n) is 3.29. The summed E-state index contributed by atoms with van der Waals surface area (Å²) in [4.78, 5) is 20.2. The summed E-state index contributed by atoms with van der Waals surface area (Å²) in [5.41, 5.74) is 4.38. The summed E-state index contributed by atoms with van der Waals surface area (Å²) < 4.78 is 39.2. The van der Waals surface area contributed by atoms with Crippen molar-refractivity contribution in [2.24, 2.45) is 0 Å². The normalized spacial score (nSPS) is 11.8. The van der Waals surface area contributed by atoms with Crippen molar-refractivity contribution in [3.8, 4) is 22.6 Å². The standard InChI is InChI=1S/C22H15F3N6S/c1-12-5-17-18(29-20(28-17)13-3-2-4-15(6-13)22(23,24)25)7-16(12)30-21-31-19(10-32-21)14-8-26-11-27-9-14/h2-11H,1H3,(H,28,29)(H,30,31). The van der Waals surface area contributed by atoms with Crippen molar-refractivity contribution >= 4 is 33.2 Å². The number of H-pyrrole nitrogens is 1. The van der Waals surface area contributed by atoms with Crippen molar-refractivity contribution in [2.45, 2.75) is 13.1 Å². The summed E-state index contributed by atoms with van der Waals surface area (Å²) in [7, 11) is 0. The zero-order chi connectivity index (χ0) is 22.3. The van der Waals surface area contributed by atoms with Crippen LogP contribution in [0.2, 0.25) is 0 Å². The number of alkyl halides is 3. The number of halogens is 3. The van der Waals surface area contributed by atoms with E-state index < -0.39 is 11.7 Å². The number of hydrogen-bond donors (Lipinski definition) is 2. The molecule has 0 aliphatic heterocycles. The lowest BCUT2D eigenvalue weighted by molar-refractivity contribution is -0.137. The van der Waals surface area contributed by atoms with Crippen LogP contribution in [-0.4, -0.2) is 24.9 Å². The van der Waals surface area contributed by atoms with E-state index in [-0.39, 0.29) is 0 Å². The topological polar surface area (TPSA) is 79.4 Å². The number of aromatic nitrogens is 5. The number of hydrogen-bond acceptors (Lipinski definition) is 6. The average Bonchev–Trinajstić information content (AvgIpc) is 3.41. The van der Waals surface area contributed by atoms with Crippen LogP contribution in [0.5, 0.6) is 0 Å². The highest BCUT2D eigenvalue weighted by molar-refractivity contribution is 7.14. The smallest absolute Gasteiger partial charge is 0.338 e. The third-order valence-corrected chi connectivity index (χ3v) is 5.65. The van der Waals surface area contributed by atoms with Gasteiger partial charge in [-0.1, -0.05) is 12.1 Å². The van der Waals surface area contributed by atoms with Gasteiger partial charge in [0.25, 0.3) is 0 Å². The van der Waals surface area contributed by atoms with Crippen LogP contribution in [0.15, 0.2) is 60.5 Å². The Hall–Kier alpha value is -3.79. The number of aromatic amines is 1. The van der Waals surface area contributed by atoms with E-state index in [4.69, 9.17) is 0 Å². The number of benzene rings is 2. The first kappa shape index (κ1) is 20.1. The van der Waals surface area contributed by atoms with Gasteiger partial charge in [0.2, 0.25) is 0 Å². The highest BCUT2D eigenvalue weighted by Crippen LogP contribution is 2.33. The van der Waals surface area contributed by atoms with E-state index in [2.05, 4.69) is 30.2 Å². The molecule has 0 bridgehead atoms. The van der Waals surface area contributed by atoms with Crippen LogP contribution in [0, 0.1) is 6.92 Å². The monoisotopic (exact) mass is 452 g/mol. The van der Waals surface area contributed by atoms with Gasteiger partial charge in [0.15, 0.2) is 5.13 Å². The Bertz CT molecular complexity index is 1410. The summed E-state index contributed by atoms with van der Waals surface area (Å²) in [6.45, 7) is 1.94. The van der Waals surface area contributed by atoms with Crippen LogP contribution in [0.1, 0.15) is 11.1 Å². The second-order valence-electron chi connectivity index (χ2n) is 7.14. The molecule has 3 heterocycles. The van der Waals surface area contributed by atoms with E-state index in [1.807, 2.05) is 24.4 Å². The lowest BCUT2D eigenvalue weighted by atomic mass is 10.1. The van der Waals surface area contributed by atoms with Gasteiger partial charge in [-0.25, -0.2) is 19.9 Å². The van der Waals surface area contributed by atoms with Crippen LogP contribution in [0.4, 0.5) is 24.0 Å². The molecule has 5 aromatic rings. The zero-order valence-corrected chi connectivity index (χ0v) is 17.4. The molecule has 0 radical (unpaired) electrons. The van der Waals surface area contributed by atoms with Crippen molar-refractivity contribution in [1.82, 2.24) is 24.9 Å². The zero-order valence-electron chi connectivity index (χ0n) is 16.6. The predicted molar refractivity (Wildman–Crippen MR) is 118 cm³/mol. The summed E-state index contributed by atoms with van der Waals surface area (Å²) in [6.07, 6.45) is 0.448. The first-order valence-corrected chi connectivity index (χ1v) is 10.4. The highest BCUT2D eigenvalue weighted by atomic mass is 32.1. The average molecular weight is 452 g/mol. The van der Waals surface area contributed by atoms with Crippen LogP contribution < -0.4 is 5.32 Å². The van der Waals surface area contributed by atoms with Crippen molar-refractivity contribution in [3.63, 3.8) is 0 Å². The SMILES string of the molecule is Cc1cc2[nH]c(-c3cccc(C(F)(F)F)c3)nc2cc1Nc1nc(-c2cncnc2)cs1. The molecule has 0 saturated heterocycles. The van der Waals surface area contributed by atoms with Crippen LogP contribution >= 0.6 is 11.3 Å². The fourth-order valence-corrected chi connectivity index (χ4v) is 4.02. The molecule has 0 aliphatic carbocycles. The molecular formula is C22H15F3N6S. The Balaban J connectivity index is 1.45. The molecule has 3 aromatic heterocycles. The van der Waals surface area contributed by atoms with Gasteiger partial charge in [-0.3, -0.25) is 0 Å². The molecule has 0 fully saturated rings. The number of aryl methyl sites for hydroxylation is 1. The maximum Gasteiger partial charge on any atom is 0.416 e. The van der Waals surface area contributed by atoms with Crippen LogP contribution in [-0.2, 0) is 6.18 Å². The number of imidazole rings is 1. The maximum atomic E-state index is 13.1. The molecule has 0 spiro atoms. The summed E-state index contributed by atoms with van der Waals surface area (Å²) in [5, 5.41) is 5.90. The van der Waals surface area contributed by atoms with Crippen molar-refractivity contribution in [2.75, 3.05) is 5.32 Å². The Morgan fingerprint density at radius 3 is 2.59 bits per heavy atom.